The topological polar surface area (TPSA) is 49.6 Å². The Morgan fingerprint density at radius 1 is 1.47 bits per heavy atom. The van der Waals surface area contributed by atoms with Crippen LogP contribution in [0.4, 0.5) is 0 Å². The molecule has 0 aromatic heterocycles. The summed E-state index contributed by atoms with van der Waals surface area (Å²) in [6.45, 7) is 2.99. The van der Waals surface area contributed by atoms with Gasteiger partial charge in [-0.1, -0.05) is 30.3 Å². The van der Waals surface area contributed by atoms with E-state index in [1.165, 1.54) is 0 Å². The van der Waals surface area contributed by atoms with Gasteiger partial charge in [-0.25, -0.2) is 0 Å². The van der Waals surface area contributed by atoms with E-state index in [1.807, 2.05) is 37.4 Å². The first-order valence-corrected chi connectivity index (χ1v) is 6.82. The van der Waals surface area contributed by atoms with Crippen molar-refractivity contribution in [1.29, 1.82) is 0 Å². The molecule has 1 aromatic carbocycles. The maximum Gasteiger partial charge on any atom is 0.243 e. The van der Waals surface area contributed by atoms with Crippen LogP contribution < -0.4 is 5.73 Å². The Balaban J connectivity index is 1.92. The van der Waals surface area contributed by atoms with E-state index in [0.29, 0.717) is 5.92 Å². The molecule has 4 heteroatoms. The molecule has 1 aromatic rings. The Kier molecular flexibility index (Phi) is 4.56. The molecule has 2 atom stereocenters. The average Bonchev–Trinajstić information content (AvgIpc) is 2.83. The van der Waals surface area contributed by atoms with Crippen molar-refractivity contribution < 1.29 is 4.79 Å². The number of rotatable bonds is 4. The van der Waals surface area contributed by atoms with Gasteiger partial charge in [-0.2, -0.15) is 0 Å². The lowest BCUT2D eigenvalue weighted by atomic mass is 10.1. The van der Waals surface area contributed by atoms with Gasteiger partial charge in [-0.15, -0.1) is 0 Å². The number of carbonyl (C=O) groups is 1. The molecule has 0 aliphatic carbocycles. The van der Waals surface area contributed by atoms with Crippen LogP contribution in [0.1, 0.15) is 18.0 Å². The standard InChI is InChI=1S/C15H23N3O/c1-17-9-8-12(10-17)11-18(2)15(19)14(16)13-6-4-3-5-7-13/h3-7,12,14H,8-11,16H2,1-2H3/t12?,14-/m0/s1. The molecular weight excluding hydrogens is 238 g/mol. The number of hydrogen-bond acceptors (Lipinski definition) is 3. The molecule has 1 aliphatic rings. The van der Waals surface area contributed by atoms with Gasteiger partial charge in [0.2, 0.25) is 5.91 Å². The van der Waals surface area contributed by atoms with E-state index in [1.54, 1.807) is 4.90 Å². The third kappa shape index (κ3) is 3.55. The van der Waals surface area contributed by atoms with E-state index in [0.717, 1.165) is 31.6 Å². The van der Waals surface area contributed by atoms with E-state index >= 15 is 0 Å². The van der Waals surface area contributed by atoms with Crippen LogP contribution in [0.15, 0.2) is 30.3 Å². The third-order valence-electron chi connectivity index (χ3n) is 3.82. The van der Waals surface area contributed by atoms with Crippen molar-refractivity contribution in [3.63, 3.8) is 0 Å². The van der Waals surface area contributed by atoms with Crippen molar-refractivity contribution in [3.8, 4) is 0 Å². The van der Waals surface area contributed by atoms with E-state index in [-0.39, 0.29) is 5.91 Å². The number of carbonyl (C=O) groups excluding carboxylic acids is 1. The maximum atomic E-state index is 12.3. The zero-order valence-electron chi connectivity index (χ0n) is 11.7. The molecule has 4 nitrogen and oxygen atoms in total. The first-order valence-electron chi connectivity index (χ1n) is 6.82. The summed E-state index contributed by atoms with van der Waals surface area (Å²) in [5.41, 5.74) is 6.92. The van der Waals surface area contributed by atoms with Gasteiger partial charge in [0.25, 0.3) is 0 Å². The summed E-state index contributed by atoms with van der Waals surface area (Å²) < 4.78 is 0. The minimum absolute atomic E-state index is 0.000697. The summed E-state index contributed by atoms with van der Waals surface area (Å²) in [6, 6.07) is 9.01. The molecule has 1 fully saturated rings. The van der Waals surface area contributed by atoms with Crippen molar-refractivity contribution in [2.24, 2.45) is 11.7 Å². The van der Waals surface area contributed by atoms with Crippen LogP contribution in [0.25, 0.3) is 0 Å². The van der Waals surface area contributed by atoms with E-state index < -0.39 is 6.04 Å². The molecule has 1 unspecified atom stereocenters. The van der Waals surface area contributed by atoms with Crippen LogP contribution >= 0.6 is 0 Å². The molecule has 1 saturated heterocycles. The highest BCUT2D eigenvalue weighted by Gasteiger charge is 2.25. The predicted molar refractivity (Wildman–Crippen MR) is 76.6 cm³/mol. The Hall–Kier alpha value is -1.39. The van der Waals surface area contributed by atoms with Crippen LogP contribution in [-0.2, 0) is 4.79 Å². The molecule has 104 valence electrons. The van der Waals surface area contributed by atoms with Gasteiger partial charge in [0, 0.05) is 20.1 Å². The smallest absolute Gasteiger partial charge is 0.243 e. The maximum absolute atomic E-state index is 12.3. The van der Waals surface area contributed by atoms with Gasteiger partial charge in [0.15, 0.2) is 0 Å². The average molecular weight is 261 g/mol. The lowest BCUT2D eigenvalue weighted by Gasteiger charge is -2.24. The van der Waals surface area contributed by atoms with Crippen molar-refractivity contribution in [2.75, 3.05) is 33.7 Å². The lowest BCUT2D eigenvalue weighted by molar-refractivity contribution is -0.131. The number of likely N-dealkylation sites (N-methyl/N-ethyl adjacent to an activating group) is 1. The van der Waals surface area contributed by atoms with E-state index in [4.69, 9.17) is 5.73 Å². The van der Waals surface area contributed by atoms with Gasteiger partial charge in [0.05, 0.1) is 0 Å². The summed E-state index contributed by atoms with van der Waals surface area (Å²) in [5, 5.41) is 0. The molecule has 0 spiro atoms. The summed E-state index contributed by atoms with van der Waals surface area (Å²) in [5.74, 6) is 0.572. The minimum atomic E-state index is -0.551. The number of amides is 1. The Bertz CT molecular complexity index is 421. The highest BCUT2D eigenvalue weighted by molar-refractivity contribution is 5.82. The highest BCUT2D eigenvalue weighted by Crippen LogP contribution is 2.17. The molecule has 1 amide bonds. The van der Waals surface area contributed by atoms with Gasteiger partial charge >= 0.3 is 0 Å². The summed E-state index contributed by atoms with van der Waals surface area (Å²) >= 11 is 0. The number of hydrogen-bond donors (Lipinski definition) is 1. The molecule has 0 bridgehead atoms. The largest absolute Gasteiger partial charge is 0.344 e. The fraction of sp³-hybridized carbons (Fsp3) is 0.533. The van der Waals surface area contributed by atoms with Gasteiger partial charge in [0.1, 0.15) is 6.04 Å². The van der Waals surface area contributed by atoms with Gasteiger partial charge in [-0.05, 0) is 31.5 Å². The second kappa shape index (κ2) is 6.17. The Morgan fingerprint density at radius 3 is 2.74 bits per heavy atom. The molecule has 0 saturated carbocycles. The first-order chi connectivity index (χ1) is 9.08. The molecule has 2 rings (SSSR count). The molecule has 1 aliphatic heterocycles. The highest BCUT2D eigenvalue weighted by atomic mass is 16.2. The third-order valence-corrected chi connectivity index (χ3v) is 3.82. The fourth-order valence-corrected chi connectivity index (χ4v) is 2.69. The van der Waals surface area contributed by atoms with Crippen LogP contribution in [0.3, 0.4) is 0 Å². The number of nitrogens with two attached hydrogens (primary N) is 1. The summed E-state index contributed by atoms with van der Waals surface area (Å²) in [7, 11) is 3.97. The van der Waals surface area contributed by atoms with E-state index in [2.05, 4.69) is 11.9 Å². The Labute approximate surface area is 115 Å². The summed E-state index contributed by atoms with van der Waals surface area (Å²) in [6.07, 6.45) is 1.16. The monoisotopic (exact) mass is 261 g/mol. The normalized spacial score (nSPS) is 21.3. The predicted octanol–water partition coefficient (Wildman–Crippen LogP) is 1.10. The number of likely N-dealkylation sites (tertiary alicyclic amines) is 1. The van der Waals surface area contributed by atoms with Crippen LogP contribution in [0.2, 0.25) is 0 Å². The molecule has 0 radical (unpaired) electrons. The molecule has 19 heavy (non-hydrogen) atoms. The van der Waals surface area contributed by atoms with Crippen LogP contribution in [0.5, 0.6) is 0 Å². The fourth-order valence-electron chi connectivity index (χ4n) is 2.69. The molecular formula is C15H23N3O. The lowest BCUT2D eigenvalue weighted by Crippen LogP contribution is -2.39. The quantitative estimate of drug-likeness (QED) is 0.883. The van der Waals surface area contributed by atoms with Crippen molar-refractivity contribution >= 4 is 5.91 Å². The van der Waals surface area contributed by atoms with Crippen molar-refractivity contribution in [1.82, 2.24) is 9.80 Å². The van der Waals surface area contributed by atoms with Crippen molar-refractivity contribution in [2.45, 2.75) is 12.5 Å². The van der Waals surface area contributed by atoms with Gasteiger partial charge < -0.3 is 15.5 Å². The van der Waals surface area contributed by atoms with Crippen molar-refractivity contribution in [3.05, 3.63) is 35.9 Å². The minimum Gasteiger partial charge on any atom is -0.344 e. The number of nitrogens with zero attached hydrogens (tertiary/aromatic N) is 2. The molecule has 2 N–H and O–H groups in total. The zero-order valence-corrected chi connectivity index (χ0v) is 11.7. The second-order valence-electron chi connectivity index (χ2n) is 5.52. The first kappa shape index (κ1) is 14.0. The van der Waals surface area contributed by atoms with Gasteiger partial charge in [-0.3, -0.25) is 4.79 Å². The van der Waals surface area contributed by atoms with E-state index in [9.17, 15) is 4.79 Å². The Morgan fingerprint density at radius 2 is 2.16 bits per heavy atom. The molecule has 1 heterocycles. The SMILES string of the molecule is CN1CCC(CN(C)C(=O)[C@@H](N)c2ccccc2)C1. The zero-order chi connectivity index (χ0) is 13.8. The number of benzene rings is 1. The summed E-state index contributed by atoms with van der Waals surface area (Å²) in [4.78, 5) is 16.4. The van der Waals surface area contributed by atoms with Crippen LogP contribution in [0, 0.1) is 5.92 Å². The van der Waals surface area contributed by atoms with Crippen LogP contribution in [-0.4, -0.2) is 49.4 Å². The second-order valence-corrected chi connectivity index (χ2v) is 5.52.